The predicted octanol–water partition coefficient (Wildman–Crippen LogP) is 2.27. The smallest absolute Gasteiger partial charge is 0.145 e. The summed E-state index contributed by atoms with van der Waals surface area (Å²) in [7, 11) is 3.35. The van der Waals surface area contributed by atoms with Gasteiger partial charge in [0, 0.05) is 25.2 Å². The third-order valence-corrected chi connectivity index (χ3v) is 4.17. The Morgan fingerprint density at radius 1 is 1.26 bits per heavy atom. The van der Waals surface area contributed by atoms with E-state index in [0.29, 0.717) is 0 Å². The Balaban J connectivity index is 2.23. The molecule has 0 bridgehead atoms. The van der Waals surface area contributed by atoms with Crippen molar-refractivity contribution in [1.29, 1.82) is 0 Å². The summed E-state index contributed by atoms with van der Waals surface area (Å²) in [5, 5.41) is 0. The summed E-state index contributed by atoms with van der Waals surface area (Å²) in [6.07, 6.45) is 1.09. The summed E-state index contributed by atoms with van der Waals surface area (Å²) in [6, 6.07) is 6.10. The lowest BCUT2D eigenvalue weighted by Crippen LogP contribution is -2.53. The topological polar surface area (TPSA) is 47.7 Å². The molecule has 1 heterocycles. The second kappa shape index (κ2) is 5.29. The van der Waals surface area contributed by atoms with Crippen molar-refractivity contribution >= 4 is 5.69 Å². The summed E-state index contributed by atoms with van der Waals surface area (Å²) in [6.45, 7) is 6.33. The molecule has 0 radical (unpaired) electrons. The Kier molecular flexibility index (Phi) is 3.90. The zero-order valence-electron chi connectivity index (χ0n) is 12.3. The van der Waals surface area contributed by atoms with Crippen LogP contribution in [0.1, 0.15) is 20.3 Å². The molecular formula is C15H24N2O2. The van der Waals surface area contributed by atoms with Crippen LogP contribution in [0.4, 0.5) is 5.69 Å². The molecule has 1 unspecified atom stereocenters. The standard InChI is InChI=1S/C15H24N2O2/c1-15(2)7-8-17(10-14(15)16)12-6-5-11(18-3)9-13(12)19-4/h5-6,9,14H,7-8,10,16H2,1-4H3. The van der Waals surface area contributed by atoms with Gasteiger partial charge in [-0.05, 0) is 24.0 Å². The van der Waals surface area contributed by atoms with Crippen molar-refractivity contribution in [2.24, 2.45) is 11.1 Å². The number of hydrogen-bond acceptors (Lipinski definition) is 4. The number of hydrogen-bond donors (Lipinski definition) is 1. The average Bonchev–Trinajstić information content (AvgIpc) is 2.41. The number of methoxy groups -OCH3 is 2. The number of nitrogens with zero attached hydrogens (tertiary/aromatic N) is 1. The van der Waals surface area contributed by atoms with Crippen LogP contribution in [0, 0.1) is 5.41 Å². The molecule has 0 aromatic heterocycles. The van der Waals surface area contributed by atoms with Crippen LogP contribution in [0.15, 0.2) is 18.2 Å². The summed E-state index contributed by atoms with van der Waals surface area (Å²) < 4.78 is 10.7. The van der Waals surface area contributed by atoms with Gasteiger partial charge in [0.15, 0.2) is 0 Å². The highest BCUT2D eigenvalue weighted by Gasteiger charge is 2.33. The molecule has 1 fully saturated rings. The molecule has 1 aromatic carbocycles. The van der Waals surface area contributed by atoms with Gasteiger partial charge in [0.1, 0.15) is 11.5 Å². The molecule has 0 aliphatic carbocycles. The van der Waals surface area contributed by atoms with Gasteiger partial charge in [-0.3, -0.25) is 0 Å². The Bertz CT molecular complexity index is 446. The molecule has 2 rings (SSSR count). The minimum atomic E-state index is 0.174. The summed E-state index contributed by atoms with van der Waals surface area (Å²) >= 11 is 0. The molecule has 4 nitrogen and oxygen atoms in total. The van der Waals surface area contributed by atoms with Crippen LogP contribution >= 0.6 is 0 Å². The van der Waals surface area contributed by atoms with E-state index in [9.17, 15) is 0 Å². The number of ether oxygens (including phenoxy) is 2. The van der Waals surface area contributed by atoms with Crippen LogP contribution in [0.3, 0.4) is 0 Å². The van der Waals surface area contributed by atoms with E-state index < -0.39 is 0 Å². The lowest BCUT2D eigenvalue weighted by Gasteiger charge is -2.43. The van der Waals surface area contributed by atoms with E-state index in [4.69, 9.17) is 15.2 Å². The van der Waals surface area contributed by atoms with Crippen LogP contribution in [0.5, 0.6) is 11.5 Å². The highest BCUT2D eigenvalue weighted by Crippen LogP contribution is 2.37. The van der Waals surface area contributed by atoms with Crippen molar-refractivity contribution in [3.63, 3.8) is 0 Å². The maximum absolute atomic E-state index is 6.28. The first kappa shape index (κ1) is 14.0. The third kappa shape index (κ3) is 2.78. The number of nitrogens with two attached hydrogens (primary N) is 1. The first-order chi connectivity index (χ1) is 8.97. The quantitative estimate of drug-likeness (QED) is 0.910. The fourth-order valence-corrected chi connectivity index (χ4v) is 2.45. The fourth-order valence-electron chi connectivity index (χ4n) is 2.45. The lowest BCUT2D eigenvalue weighted by molar-refractivity contribution is 0.235. The van der Waals surface area contributed by atoms with Crippen molar-refractivity contribution < 1.29 is 9.47 Å². The highest BCUT2D eigenvalue weighted by molar-refractivity contribution is 5.61. The number of anilines is 1. The van der Waals surface area contributed by atoms with E-state index in [1.165, 1.54) is 0 Å². The van der Waals surface area contributed by atoms with Crippen LogP contribution < -0.4 is 20.1 Å². The summed E-state index contributed by atoms with van der Waals surface area (Å²) in [5.74, 6) is 1.65. The summed E-state index contributed by atoms with van der Waals surface area (Å²) in [4.78, 5) is 2.30. The molecule has 1 aliphatic heterocycles. The van der Waals surface area contributed by atoms with Crippen LogP contribution in [0.25, 0.3) is 0 Å². The van der Waals surface area contributed by atoms with Gasteiger partial charge in [0.05, 0.1) is 19.9 Å². The second-order valence-electron chi connectivity index (χ2n) is 5.83. The molecule has 1 aromatic rings. The van der Waals surface area contributed by atoms with E-state index in [1.807, 2.05) is 18.2 Å². The minimum Gasteiger partial charge on any atom is -0.497 e. The Morgan fingerprint density at radius 3 is 2.58 bits per heavy atom. The van der Waals surface area contributed by atoms with Crippen molar-refractivity contribution in [2.75, 3.05) is 32.2 Å². The number of piperidine rings is 1. The maximum Gasteiger partial charge on any atom is 0.145 e. The third-order valence-electron chi connectivity index (χ3n) is 4.17. The molecular weight excluding hydrogens is 240 g/mol. The van der Waals surface area contributed by atoms with E-state index in [-0.39, 0.29) is 11.5 Å². The van der Waals surface area contributed by atoms with Crippen molar-refractivity contribution in [2.45, 2.75) is 26.3 Å². The van der Waals surface area contributed by atoms with Crippen LogP contribution in [-0.4, -0.2) is 33.4 Å². The highest BCUT2D eigenvalue weighted by atomic mass is 16.5. The van der Waals surface area contributed by atoms with Gasteiger partial charge in [0.2, 0.25) is 0 Å². The van der Waals surface area contributed by atoms with Gasteiger partial charge in [-0.25, -0.2) is 0 Å². The average molecular weight is 264 g/mol. The molecule has 2 N–H and O–H groups in total. The number of benzene rings is 1. The van der Waals surface area contributed by atoms with Crippen LogP contribution in [-0.2, 0) is 0 Å². The van der Waals surface area contributed by atoms with E-state index >= 15 is 0 Å². The summed E-state index contributed by atoms with van der Waals surface area (Å²) in [5.41, 5.74) is 7.58. The normalized spacial score (nSPS) is 22.2. The van der Waals surface area contributed by atoms with E-state index in [1.54, 1.807) is 14.2 Å². The molecule has 106 valence electrons. The Labute approximate surface area is 115 Å². The lowest BCUT2D eigenvalue weighted by atomic mass is 9.78. The molecule has 1 aliphatic rings. The molecule has 19 heavy (non-hydrogen) atoms. The molecule has 0 amide bonds. The van der Waals surface area contributed by atoms with Crippen molar-refractivity contribution in [3.05, 3.63) is 18.2 Å². The van der Waals surface area contributed by atoms with Crippen molar-refractivity contribution in [1.82, 2.24) is 0 Å². The molecule has 1 atom stereocenters. The second-order valence-corrected chi connectivity index (χ2v) is 5.83. The first-order valence-electron chi connectivity index (χ1n) is 6.70. The molecule has 4 heteroatoms. The maximum atomic E-state index is 6.28. The minimum absolute atomic E-state index is 0.174. The van der Waals surface area contributed by atoms with Crippen molar-refractivity contribution in [3.8, 4) is 11.5 Å². The largest absolute Gasteiger partial charge is 0.497 e. The molecule has 0 saturated carbocycles. The molecule has 0 spiro atoms. The number of rotatable bonds is 3. The predicted molar refractivity (Wildman–Crippen MR) is 78.1 cm³/mol. The van der Waals surface area contributed by atoms with E-state index in [2.05, 4.69) is 18.7 Å². The van der Waals surface area contributed by atoms with Gasteiger partial charge >= 0.3 is 0 Å². The van der Waals surface area contributed by atoms with Gasteiger partial charge < -0.3 is 20.1 Å². The van der Waals surface area contributed by atoms with Gasteiger partial charge in [0.25, 0.3) is 0 Å². The van der Waals surface area contributed by atoms with Gasteiger partial charge in [-0.1, -0.05) is 13.8 Å². The Hall–Kier alpha value is -1.42. The van der Waals surface area contributed by atoms with Crippen LogP contribution in [0.2, 0.25) is 0 Å². The van der Waals surface area contributed by atoms with E-state index in [0.717, 1.165) is 36.7 Å². The van der Waals surface area contributed by atoms with Gasteiger partial charge in [-0.2, -0.15) is 0 Å². The zero-order valence-corrected chi connectivity index (χ0v) is 12.3. The van der Waals surface area contributed by atoms with Gasteiger partial charge in [-0.15, -0.1) is 0 Å². The Morgan fingerprint density at radius 2 is 2.00 bits per heavy atom. The fraction of sp³-hybridized carbons (Fsp3) is 0.600. The SMILES string of the molecule is COc1ccc(N2CCC(C)(C)C(N)C2)c(OC)c1. The zero-order chi connectivity index (χ0) is 14.0. The molecule has 1 saturated heterocycles. The first-order valence-corrected chi connectivity index (χ1v) is 6.70. The monoisotopic (exact) mass is 264 g/mol.